The summed E-state index contributed by atoms with van der Waals surface area (Å²) in [6, 6.07) is 14.8. The summed E-state index contributed by atoms with van der Waals surface area (Å²) < 4.78 is 136. The molecule has 0 N–H and O–H groups in total. The fraction of sp³-hybridized carbons (Fsp3) is 0. The van der Waals surface area contributed by atoms with Gasteiger partial charge in [-0.2, -0.15) is 5.26 Å². The molecule has 0 saturated heterocycles. The number of rotatable bonds is 5. The summed E-state index contributed by atoms with van der Waals surface area (Å²) in [5.74, 6) is 0.316. The van der Waals surface area contributed by atoms with Crippen LogP contribution in [0.15, 0.2) is 169 Å². The second kappa shape index (κ2) is 11.9. The second-order valence-electron chi connectivity index (χ2n) is 11.7. The molecule has 7 aromatic carbocycles. The molecule has 6 heteroatoms. The van der Waals surface area contributed by atoms with E-state index in [2.05, 4.69) is 6.07 Å². The van der Waals surface area contributed by atoms with Crippen molar-refractivity contribution in [3.63, 3.8) is 0 Å². The van der Waals surface area contributed by atoms with Crippen LogP contribution in [0, 0.1) is 11.3 Å². The largest absolute Gasteiger partial charge is 0.308 e. The second-order valence-corrected chi connectivity index (χ2v) is 11.7. The van der Waals surface area contributed by atoms with Crippen molar-refractivity contribution >= 4 is 43.6 Å². The summed E-state index contributed by atoms with van der Waals surface area (Å²) in [7, 11) is 0. The summed E-state index contributed by atoms with van der Waals surface area (Å²) >= 11 is 0. The van der Waals surface area contributed by atoms with E-state index in [9.17, 15) is 9.37 Å². The first-order valence-corrected chi connectivity index (χ1v) is 16.0. The molecule has 10 aromatic rings. The van der Waals surface area contributed by atoms with Crippen LogP contribution >= 0.6 is 0 Å². The Morgan fingerprint density at radius 2 is 0.904 bits per heavy atom. The lowest BCUT2D eigenvalue weighted by atomic mass is 10.0. The Hall–Kier alpha value is -7.36. The Balaban J connectivity index is 1.48. The normalized spacial score (nSPS) is 15.5. The Kier molecular flexibility index (Phi) is 4.13. The van der Waals surface area contributed by atoms with Crippen LogP contribution in [0.3, 0.4) is 0 Å². The van der Waals surface area contributed by atoms with Crippen LogP contribution in [0.2, 0.25) is 0 Å². The third-order valence-corrected chi connectivity index (χ3v) is 8.80. The van der Waals surface area contributed by atoms with Crippen LogP contribution < -0.4 is 0 Å². The first-order chi connectivity index (χ1) is 32.0. The lowest BCUT2D eigenvalue weighted by Gasteiger charge is -2.18. The Morgan fingerprint density at radius 3 is 1.42 bits per heavy atom. The molecule has 0 amide bonds. The van der Waals surface area contributed by atoms with Gasteiger partial charge in [0.15, 0.2) is 17.5 Å². The van der Waals surface area contributed by atoms with Gasteiger partial charge in [-0.1, -0.05) is 133 Å². The Bertz CT molecular complexity index is 3750. The molecule has 0 aliphatic heterocycles. The van der Waals surface area contributed by atoms with Crippen molar-refractivity contribution in [1.82, 2.24) is 24.1 Å². The predicted octanol–water partition coefficient (Wildman–Crippen LogP) is 10.9. The SMILES string of the molecule is [2H]c1cc2c(c([2H])c1[2H])c1c([2H])c([2H])c([2H])c([2H])c1n2-c1cc(-n2c3c([2H])c([2H])c([2H])c([2H])c3c3c([2H])c([2H])c([2H])c([2H])c32)c(C#N)cc1-c1nc(-c2ccccc2)nc(-c2ccccc2)n1. The summed E-state index contributed by atoms with van der Waals surface area (Å²) in [4.78, 5) is 14.6. The van der Waals surface area contributed by atoms with Crippen molar-refractivity contribution in [3.05, 3.63) is 175 Å². The number of aromatic nitrogens is 5. The van der Waals surface area contributed by atoms with E-state index in [1.165, 1.54) is 22.8 Å². The van der Waals surface area contributed by atoms with E-state index in [-0.39, 0.29) is 83.6 Å². The molecule has 3 heterocycles. The van der Waals surface area contributed by atoms with Gasteiger partial charge in [-0.25, -0.2) is 15.0 Å². The summed E-state index contributed by atoms with van der Waals surface area (Å²) in [5.41, 5.74) is -0.140. The van der Waals surface area contributed by atoms with Crippen LogP contribution in [-0.2, 0) is 0 Å². The number of hydrogen-bond donors (Lipinski definition) is 0. The van der Waals surface area contributed by atoms with Gasteiger partial charge < -0.3 is 9.13 Å². The molecule has 6 nitrogen and oxygen atoms in total. The van der Waals surface area contributed by atoms with Crippen molar-refractivity contribution < 1.29 is 20.6 Å². The highest BCUT2D eigenvalue weighted by Gasteiger charge is 2.23. The number of fused-ring (bicyclic) bond motifs is 6. The lowest BCUT2D eigenvalue weighted by molar-refractivity contribution is 1.06. The molecule has 10 rings (SSSR count). The topological polar surface area (TPSA) is 72.3 Å². The Morgan fingerprint density at radius 1 is 0.462 bits per heavy atom. The Labute approximate surface area is 320 Å². The molecular formula is C46H28N6. The third-order valence-electron chi connectivity index (χ3n) is 8.80. The molecule has 0 radical (unpaired) electrons. The maximum atomic E-state index is 11.2. The molecule has 0 aliphatic rings. The molecule has 0 unspecified atom stereocenters. The monoisotopic (exact) mass is 679 g/mol. The van der Waals surface area contributed by atoms with E-state index < -0.39 is 90.6 Å². The van der Waals surface area contributed by atoms with Crippen molar-refractivity contribution in [2.75, 3.05) is 0 Å². The van der Waals surface area contributed by atoms with Crippen molar-refractivity contribution in [3.8, 4) is 51.6 Å². The van der Waals surface area contributed by atoms with E-state index >= 15 is 0 Å². The number of nitrogens with zero attached hydrogens (tertiary/aromatic N) is 6. The van der Waals surface area contributed by atoms with Gasteiger partial charge in [0.1, 0.15) is 6.07 Å². The van der Waals surface area contributed by atoms with E-state index in [0.29, 0.717) is 11.1 Å². The van der Waals surface area contributed by atoms with Gasteiger partial charge in [-0.15, -0.1) is 0 Å². The fourth-order valence-electron chi connectivity index (χ4n) is 6.54. The summed E-state index contributed by atoms with van der Waals surface area (Å²) in [6.07, 6.45) is 0. The third kappa shape index (κ3) is 4.61. The number of nitriles is 1. The molecule has 242 valence electrons. The first kappa shape index (κ1) is 18.0. The average molecular weight is 680 g/mol. The molecular weight excluding hydrogens is 637 g/mol. The zero-order valence-corrected chi connectivity index (χ0v) is 26.7. The molecule has 3 aromatic heterocycles. The molecule has 0 aliphatic carbocycles. The van der Waals surface area contributed by atoms with Gasteiger partial charge in [-0.05, 0) is 36.3 Å². The quantitative estimate of drug-likeness (QED) is 0.181. The van der Waals surface area contributed by atoms with Crippen LogP contribution in [0.5, 0.6) is 0 Å². The van der Waals surface area contributed by atoms with Crippen LogP contribution in [0.4, 0.5) is 0 Å². The van der Waals surface area contributed by atoms with Crippen LogP contribution in [0.25, 0.3) is 89.2 Å². The lowest BCUT2D eigenvalue weighted by Crippen LogP contribution is -2.07. The summed E-state index contributed by atoms with van der Waals surface area (Å²) in [5, 5.41) is 10.4. The maximum absolute atomic E-state index is 11.2. The van der Waals surface area contributed by atoms with Gasteiger partial charge in [-0.3, -0.25) is 0 Å². The van der Waals surface area contributed by atoms with Crippen LogP contribution in [0.1, 0.15) is 26.1 Å². The van der Waals surface area contributed by atoms with Gasteiger partial charge in [0.2, 0.25) is 0 Å². The maximum Gasteiger partial charge on any atom is 0.166 e. The minimum atomic E-state index is -0.699. The molecule has 52 heavy (non-hydrogen) atoms. The standard InChI is InChI=1S/C46H28N6/c47-29-32-27-37(46-49-44(30-15-3-1-4-16-30)48-45(50-46)31-17-5-2-6-18-31)43(52-40-25-13-9-21-35(40)36-22-10-14-26-41(36)52)28-42(32)51-38-23-11-7-19-33(38)34-20-8-12-24-39(34)51/h1-28H/i7D,8D,9D,10D,11D,12D,13D,14D,19D,20D,21D,22D,23D,24D,25D. The van der Waals surface area contributed by atoms with Crippen molar-refractivity contribution in [2.45, 2.75) is 0 Å². The number of para-hydroxylation sites is 4. The van der Waals surface area contributed by atoms with Gasteiger partial charge in [0, 0.05) is 38.2 Å². The summed E-state index contributed by atoms with van der Waals surface area (Å²) in [6.45, 7) is 0. The first-order valence-electron chi connectivity index (χ1n) is 23.5. The highest BCUT2D eigenvalue weighted by Crippen LogP contribution is 2.40. The van der Waals surface area contributed by atoms with Crippen molar-refractivity contribution in [1.29, 1.82) is 5.26 Å². The number of hydrogen-bond acceptors (Lipinski definition) is 4. The fourth-order valence-corrected chi connectivity index (χ4v) is 6.54. The van der Waals surface area contributed by atoms with E-state index in [1.54, 1.807) is 48.5 Å². The zero-order valence-electron chi connectivity index (χ0n) is 41.7. The molecule has 0 bridgehead atoms. The van der Waals surface area contributed by atoms with E-state index in [0.717, 1.165) is 4.57 Å². The van der Waals surface area contributed by atoms with Crippen LogP contribution in [-0.4, -0.2) is 24.1 Å². The van der Waals surface area contributed by atoms with Gasteiger partial charge >= 0.3 is 0 Å². The highest BCUT2D eigenvalue weighted by atomic mass is 15.1. The molecule has 0 spiro atoms. The van der Waals surface area contributed by atoms with Gasteiger partial charge in [0.05, 0.1) is 59.6 Å². The zero-order chi connectivity index (χ0) is 47.7. The highest BCUT2D eigenvalue weighted by molar-refractivity contribution is 6.11. The molecule has 0 fully saturated rings. The van der Waals surface area contributed by atoms with E-state index in [1.807, 2.05) is 12.1 Å². The van der Waals surface area contributed by atoms with E-state index in [4.69, 9.17) is 31.4 Å². The van der Waals surface area contributed by atoms with Gasteiger partial charge in [0.25, 0.3) is 0 Å². The smallest absolute Gasteiger partial charge is 0.166 e. The predicted molar refractivity (Wildman–Crippen MR) is 210 cm³/mol. The average Bonchev–Trinajstić information content (AvgIpc) is 3.88. The minimum absolute atomic E-state index is 0.0286. The molecule has 0 saturated carbocycles. The van der Waals surface area contributed by atoms with Crippen molar-refractivity contribution in [2.24, 2.45) is 0 Å². The molecule has 0 atom stereocenters. The number of benzene rings is 7. The minimum Gasteiger partial charge on any atom is -0.308 e.